The molecule has 0 radical (unpaired) electrons. The number of benzene rings is 2. The molecule has 2 fully saturated rings. The molecule has 2 aliphatic rings. The summed E-state index contributed by atoms with van der Waals surface area (Å²) >= 11 is 12.4. The quantitative estimate of drug-likeness (QED) is 0.633. The van der Waals surface area contributed by atoms with Crippen LogP contribution < -0.4 is 5.32 Å². The lowest BCUT2D eigenvalue weighted by Crippen LogP contribution is -2.45. The molecule has 0 aromatic heterocycles. The fourth-order valence-corrected chi connectivity index (χ4v) is 4.33. The zero-order valence-corrected chi connectivity index (χ0v) is 15.7. The van der Waals surface area contributed by atoms with Crippen molar-refractivity contribution in [2.24, 2.45) is 5.41 Å². The van der Waals surface area contributed by atoms with Crippen LogP contribution in [0, 0.1) is 5.41 Å². The van der Waals surface area contributed by atoms with Gasteiger partial charge in [0, 0.05) is 12.0 Å². The van der Waals surface area contributed by atoms with Crippen LogP contribution in [0.15, 0.2) is 60.7 Å². The first kappa shape index (κ1) is 17.4. The summed E-state index contributed by atoms with van der Waals surface area (Å²) < 4.78 is -0.904. The molecule has 4 rings (SSSR count). The number of imide groups is 1. The molecular formula is C20H18Cl2N2O2. The highest BCUT2D eigenvalue weighted by molar-refractivity contribution is 6.51. The van der Waals surface area contributed by atoms with Gasteiger partial charge in [-0.3, -0.25) is 9.69 Å². The van der Waals surface area contributed by atoms with Gasteiger partial charge < -0.3 is 5.32 Å². The molecule has 1 atom stereocenters. The molecule has 1 N–H and O–H groups in total. The van der Waals surface area contributed by atoms with Crippen LogP contribution in [0.1, 0.15) is 24.5 Å². The van der Waals surface area contributed by atoms with E-state index >= 15 is 0 Å². The number of nitrogens with zero attached hydrogens (tertiary/aromatic N) is 1. The van der Waals surface area contributed by atoms with Gasteiger partial charge >= 0.3 is 6.03 Å². The van der Waals surface area contributed by atoms with E-state index in [1.54, 1.807) is 0 Å². The van der Waals surface area contributed by atoms with Gasteiger partial charge in [-0.2, -0.15) is 0 Å². The molecule has 2 aromatic carbocycles. The number of carbonyl (C=O) groups excluding carboxylic acids is 2. The first-order valence-electron chi connectivity index (χ1n) is 8.43. The van der Waals surface area contributed by atoms with Gasteiger partial charge in [0.05, 0.1) is 0 Å². The van der Waals surface area contributed by atoms with Crippen molar-refractivity contribution in [2.45, 2.75) is 23.2 Å². The molecule has 4 nitrogen and oxygen atoms in total. The maximum Gasteiger partial charge on any atom is 0.325 e. The van der Waals surface area contributed by atoms with Crippen LogP contribution in [-0.2, 0) is 10.3 Å². The Morgan fingerprint density at radius 1 is 0.962 bits per heavy atom. The predicted molar refractivity (Wildman–Crippen MR) is 101 cm³/mol. The average molecular weight is 389 g/mol. The minimum Gasteiger partial charge on any atom is -0.315 e. The summed E-state index contributed by atoms with van der Waals surface area (Å²) in [7, 11) is 0. The topological polar surface area (TPSA) is 49.4 Å². The zero-order chi connectivity index (χ0) is 18.6. The van der Waals surface area contributed by atoms with Crippen molar-refractivity contribution in [1.29, 1.82) is 0 Å². The van der Waals surface area contributed by atoms with Crippen molar-refractivity contribution in [2.75, 3.05) is 6.54 Å². The van der Waals surface area contributed by atoms with Gasteiger partial charge in [-0.05, 0) is 17.5 Å². The minimum atomic E-state index is -1.24. The lowest BCUT2D eigenvalue weighted by Gasteiger charge is -2.28. The van der Waals surface area contributed by atoms with Crippen LogP contribution in [0.2, 0.25) is 0 Å². The van der Waals surface area contributed by atoms with Gasteiger partial charge in [0.1, 0.15) is 4.33 Å². The number of nitrogens with one attached hydrogen (secondary N) is 1. The molecule has 6 heteroatoms. The molecular weight excluding hydrogens is 371 g/mol. The molecule has 26 heavy (non-hydrogen) atoms. The summed E-state index contributed by atoms with van der Waals surface area (Å²) in [6, 6.07) is 18.1. The SMILES string of the molecule is C[C@@]1(CN2C(=O)NC(c3ccccc3)(c3ccccc3)C2=O)CC1(Cl)Cl. The average Bonchev–Trinajstić information content (AvgIpc) is 3.04. The van der Waals surface area contributed by atoms with Crippen molar-refractivity contribution < 1.29 is 9.59 Å². The highest BCUT2D eigenvalue weighted by atomic mass is 35.5. The Bertz CT molecular complexity index is 830. The molecule has 1 heterocycles. The summed E-state index contributed by atoms with van der Waals surface area (Å²) in [5.74, 6) is -0.308. The number of urea groups is 1. The van der Waals surface area contributed by atoms with E-state index in [4.69, 9.17) is 23.2 Å². The van der Waals surface area contributed by atoms with E-state index in [0.717, 1.165) is 11.1 Å². The van der Waals surface area contributed by atoms with E-state index < -0.39 is 21.3 Å². The Morgan fingerprint density at radius 2 is 1.42 bits per heavy atom. The third kappa shape index (κ3) is 2.43. The second-order valence-corrected chi connectivity index (χ2v) is 8.73. The number of halogens is 2. The number of carbonyl (C=O) groups is 2. The number of alkyl halides is 2. The van der Waals surface area contributed by atoms with Gasteiger partial charge in [0.15, 0.2) is 5.54 Å². The van der Waals surface area contributed by atoms with Gasteiger partial charge in [0.2, 0.25) is 0 Å². The highest BCUT2D eigenvalue weighted by Gasteiger charge is 2.66. The smallest absolute Gasteiger partial charge is 0.315 e. The minimum absolute atomic E-state index is 0.187. The van der Waals surface area contributed by atoms with Crippen molar-refractivity contribution in [1.82, 2.24) is 10.2 Å². The van der Waals surface area contributed by atoms with E-state index in [1.165, 1.54) is 4.90 Å². The molecule has 1 aliphatic heterocycles. The molecule has 134 valence electrons. The number of hydrogen-bond donors (Lipinski definition) is 1. The van der Waals surface area contributed by atoms with E-state index in [0.29, 0.717) is 6.42 Å². The first-order valence-corrected chi connectivity index (χ1v) is 9.19. The van der Waals surface area contributed by atoms with E-state index in [1.807, 2.05) is 67.6 Å². The van der Waals surface area contributed by atoms with E-state index in [9.17, 15) is 9.59 Å². The Kier molecular flexibility index (Phi) is 3.83. The molecule has 3 amide bonds. The van der Waals surface area contributed by atoms with Gasteiger partial charge in [-0.25, -0.2) is 4.79 Å². The molecule has 0 spiro atoms. The number of hydrogen-bond acceptors (Lipinski definition) is 2. The fraction of sp³-hybridized carbons (Fsp3) is 0.300. The van der Waals surface area contributed by atoms with Crippen LogP contribution in [0.4, 0.5) is 4.79 Å². The molecule has 2 aromatic rings. The monoisotopic (exact) mass is 388 g/mol. The predicted octanol–water partition coefficient (Wildman–Crippen LogP) is 4.07. The molecule has 0 bridgehead atoms. The Balaban J connectivity index is 1.79. The molecule has 1 saturated heterocycles. The summed E-state index contributed by atoms with van der Waals surface area (Å²) in [5, 5.41) is 2.93. The Hall–Kier alpha value is -2.04. The number of amides is 3. The summed E-state index contributed by atoms with van der Waals surface area (Å²) in [5.41, 5.74) is -0.300. The first-order chi connectivity index (χ1) is 12.3. The molecule has 1 saturated carbocycles. The van der Waals surface area contributed by atoms with E-state index in [2.05, 4.69) is 5.32 Å². The summed E-state index contributed by atoms with van der Waals surface area (Å²) in [6.07, 6.45) is 0.545. The van der Waals surface area contributed by atoms with Gasteiger partial charge in [0.25, 0.3) is 5.91 Å². The lowest BCUT2D eigenvalue weighted by atomic mass is 9.82. The van der Waals surface area contributed by atoms with Crippen LogP contribution in [0.3, 0.4) is 0 Å². The van der Waals surface area contributed by atoms with Crippen molar-refractivity contribution in [3.05, 3.63) is 71.8 Å². The fourth-order valence-electron chi connectivity index (χ4n) is 3.62. The normalized spacial score (nSPS) is 25.9. The van der Waals surface area contributed by atoms with Crippen molar-refractivity contribution >= 4 is 35.1 Å². The Morgan fingerprint density at radius 3 is 1.85 bits per heavy atom. The van der Waals surface area contributed by atoms with Crippen molar-refractivity contribution in [3.8, 4) is 0 Å². The third-order valence-electron chi connectivity index (χ3n) is 5.40. The van der Waals surface area contributed by atoms with Crippen molar-refractivity contribution in [3.63, 3.8) is 0 Å². The maximum absolute atomic E-state index is 13.5. The standard InChI is InChI=1S/C20H18Cl2N2O2/c1-18(12-19(18,21)22)13-24-16(25)20(23-17(24)26,14-8-4-2-5-9-14)15-10-6-3-7-11-15/h2-11H,12-13H2,1H3,(H,23,26)/t18-/m0/s1. The third-order valence-corrected chi connectivity index (χ3v) is 6.58. The molecule has 0 unspecified atom stereocenters. The van der Waals surface area contributed by atoms with Crippen LogP contribution in [0.25, 0.3) is 0 Å². The zero-order valence-electron chi connectivity index (χ0n) is 14.2. The van der Waals surface area contributed by atoms with Crippen LogP contribution in [-0.4, -0.2) is 27.7 Å². The second-order valence-electron chi connectivity index (χ2n) is 7.25. The summed E-state index contributed by atoms with van der Waals surface area (Å²) in [6.45, 7) is 2.07. The molecule has 1 aliphatic carbocycles. The summed E-state index contributed by atoms with van der Waals surface area (Å²) in [4.78, 5) is 27.5. The van der Waals surface area contributed by atoms with Gasteiger partial charge in [-0.15, -0.1) is 23.2 Å². The van der Waals surface area contributed by atoms with E-state index in [-0.39, 0.29) is 12.5 Å². The second kappa shape index (κ2) is 5.73. The number of rotatable bonds is 4. The largest absolute Gasteiger partial charge is 0.325 e. The Labute approximate surface area is 162 Å². The lowest BCUT2D eigenvalue weighted by molar-refractivity contribution is -0.130. The van der Waals surface area contributed by atoms with Gasteiger partial charge in [-0.1, -0.05) is 67.6 Å². The van der Waals surface area contributed by atoms with Crippen LogP contribution >= 0.6 is 23.2 Å². The van der Waals surface area contributed by atoms with Crippen LogP contribution in [0.5, 0.6) is 0 Å². The maximum atomic E-state index is 13.5. The highest BCUT2D eigenvalue weighted by Crippen LogP contribution is 2.64.